The van der Waals surface area contributed by atoms with Crippen LogP contribution in [0, 0.1) is 11.7 Å². The van der Waals surface area contributed by atoms with Crippen molar-refractivity contribution in [3.05, 3.63) is 28.5 Å². The van der Waals surface area contributed by atoms with Gasteiger partial charge in [-0.1, -0.05) is 6.07 Å². The molecule has 1 aliphatic rings. The van der Waals surface area contributed by atoms with Crippen molar-refractivity contribution in [2.24, 2.45) is 16.8 Å². The van der Waals surface area contributed by atoms with E-state index in [2.05, 4.69) is 20.9 Å². The molecule has 1 aromatic carbocycles. The third-order valence-electron chi connectivity index (χ3n) is 3.67. The van der Waals surface area contributed by atoms with Gasteiger partial charge in [-0.15, -0.1) is 0 Å². The SMILES string of the molecule is NC(=[NH+]c1cccc(Br)c1F)C(=O)C1CCN(S(N)(=O)=O)CC1. The Morgan fingerprint density at radius 3 is 2.52 bits per heavy atom. The molecule has 126 valence electrons. The van der Waals surface area contributed by atoms with Crippen LogP contribution in [-0.2, 0) is 15.0 Å². The number of hydrogen-bond acceptors (Lipinski definition) is 3. The minimum Gasteiger partial charge on any atom is -0.285 e. The van der Waals surface area contributed by atoms with Crippen molar-refractivity contribution < 1.29 is 22.6 Å². The zero-order valence-corrected chi connectivity index (χ0v) is 14.5. The zero-order chi connectivity index (χ0) is 17.2. The first-order valence-corrected chi connectivity index (χ1v) is 9.15. The molecule has 1 aliphatic heterocycles. The molecule has 23 heavy (non-hydrogen) atoms. The van der Waals surface area contributed by atoms with E-state index < -0.39 is 21.9 Å². The number of nitrogens with zero attached hydrogens (tertiary/aromatic N) is 1. The van der Waals surface area contributed by atoms with Crippen LogP contribution in [0.5, 0.6) is 0 Å². The molecule has 0 radical (unpaired) electrons. The summed E-state index contributed by atoms with van der Waals surface area (Å²) in [6.07, 6.45) is 0.636. The second-order valence-corrected chi connectivity index (χ2v) is 7.62. The fourth-order valence-electron chi connectivity index (χ4n) is 2.40. The number of halogens is 2. The maximum atomic E-state index is 13.9. The molecule has 0 aromatic heterocycles. The first-order valence-electron chi connectivity index (χ1n) is 6.85. The molecule has 0 amide bonds. The smallest absolute Gasteiger partial charge is 0.285 e. The molecule has 10 heteroatoms. The van der Waals surface area contributed by atoms with Crippen LogP contribution in [0.25, 0.3) is 0 Å². The van der Waals surface area contributed by atoms with Crippen molar-refractivity contribution in [1.82, 2.24) is 4.31 Å². The van der Waals surface area contributed by atoms with E-state index in [1.54, 1.807) is 6.07 Å². The lowest BCUT2D eigenvalue weighted by Crippen LogP contribution is -2.72. The summed E-state index contributed by atoms with van der Waals surface area (Å²) in [6, 6.07) is 4.60. The molecule has 0 bridgehead atoms. The Bertz CT molecular complexity index is 746. The topological polar surface area (TPSA) is 120 Å². The third kappa shape index (κ3) is 4.34. The van der Waals surface area contributed by atoms with Gasteiger partial charge in [0.2, 0.25) is 5.78 Å². The van der Waals surface area contributed by atoms with Crippen molar-refractivity contribution >= 4 is 43.4 Å². The normalized spacial score (nSPS) is 18.1. The van der Waals surface area contributed by atoms with Crippen molar-refractivity contribution in [3.63, 3.8) is 0 Å². The van der Waals surface area contributed by atoms with Crippen LogP contribution in [-0.4, -0.2) is 37.4 Å². The molecule has 0 saturated carbocycles. The molecule has 5 N–H and O–H groups in total. The predicted molar refractivity (Wildman–Crippen MR) is 86.3 cm³/mol. The van der Waals surface area contributed by atoms with Gasteiger partial charge < -0.3 is 0 Å². The van der Waals surface area contributed by atoms with Gasteiger partial charge in [0, 0.05) is 19.0 Å². The van der Waals surface area contributed by atoms with Gasteiger partial charge >= 0.3 is 5.84 Å². The maximum absolute atomic E-state index is 13.9. The van der Waals surface area contributed by atoms with E-state index >= 15 is 0 Å². The van der Waals surface area contributed by atoms with Gasteiger partial charge in [0.25, 0.3) is 10.2 Å². The lowest BCUT2D eigenvalue weighted by molar-refractivity contribution is -0.357. The number of ketones is 1. The van der Waals surface area contributed by atoms with E-state index in [9.17, 15) is 17.6 Å². The van der Waals surface area contributed by atoms with Crippen molar-refractivity contribution in [2.75, 3.05) is 13.1 Å². The Kier molecular flexibility index (Phi) is 5.50. The van der Waals surface area contributed by atoms with Crippen molar-refractivity contribution in [1.29, 1.82) is 0 Å². The summed E-state index contributed by atoms with van der Waals surface area (Å²) in [5.41, 5.74) is 5.83. The number of hydrogen-bond donors (Lipinski definition) is 3. The summed E-state index contributed by atoms with van der Waals surface area (Å²) in [5, 5.41) is 5.05. The predicted octanol–water partition coefficient (Wildman–Crippen LogP) is -0.858. The fraction of sp³-hybridized carbons (Fsp3) is 0.385. The lowest BCUT2D eigenvalue weighted by Gasteiger charge is -2.28. The molecule has 0 unspecified atom stereocenters. The number of Topliss-reactive ketones (excluding diaryl/α,β-unsaturated/α-hetero) is 1. The molecular weight excluding hydrogens is 391 g/mol. The van der Waals surface area contributed by atoms with Gasteiger partial charge in [0.05, 0.1) is 4.47 Å². The van der Waals surface area contributed by atoms with Gasteiger partial charge in [-0.3, -0.25) is 10.5 Å². The lowest BCUT2D eigenvalue weighted by atomic mass is 9.93. The summed E-state index contributed by atoms with van der Waals surface area (Å²) in [4.78, 5) is 14.9. The van der Waals surface area contributed by atoms with Crippen molar-refractivity contribution in [2.45, 2.75) is 12.8 Å². The molecule has 2 rings (SSSR count). The minimum atomic E-state index is -3.74. The van der Waals surface area contributed by atoms with E-state index in [0.717, 1.165) is 4.31 Å². The van der Waals surface area contributed by atoms with Gasteiger partial charge in [-0.25, -0.2) is 14.5 Å². The minimum absolute atomic E-state index is 0.0900. The van der Waals surface area contributed by atoms with Crippen LogP contribution in [0.4, 0.5) is 10.1 Å². The van der Waals surface area contributed by atoms with E-state index in [4.69, 9.17) is 10.9 Å². The third-order valence-corrected chi connectivity index (χ3v) is 5.37. The first-order chi connectivity index (χ1) is 10.7. The molecule has 1 heterocycles. The number of nitrogens with one attached hydrogen (secondary N) is 1. The molecule has 0 aliphatic carbocycles. The maximum Gasteiger partial charge on any atom is 0.314 e. The van der Waals surface area contributed by atoms with Crippen LogP contribution in [0.1, 0.15) is 12.8 Å². The fourth-order valence-corrected chi connectivity index (χ4v) is 3.49. The number of benzene rings is 1. The zero-order valence-electron chi connectivity index (χ0n) is 12.1. The van der Waals surface area contributed by atoms with E-state index in [1.807, 2.05) is 0 Å². The highest BCUT2D eigenvalue weighted by Crippen LogP contribution is 2.20. The van der Waals surface area contributed by atoms with Crippen LogP contribution in [0.3, 0.4) is 0 Å². The molecule has 7 nitrogen and oxygen atoms in total. The summed E-state index contributed by atoms with van der Waals surface area (Å²) in [6.45, 7) is 0.321. The second kappa shape index (κ2) is 7.04. The summed E-state index contributed by atoms with van der Waals surface area (Å²) >= 11 is 3.05. The van der Waals surface area contributed by atoms with Gasteiger partial charge in [0.15, 0.2) is 11.5 Å². The molecular formula is C13H17BrFN4O3S+. The van der Waals surface area contributed by atoms with Crippen LogP contribution in [0.2, 0.25) is 0 Å². The highest BCUT2D eigenvalue weighted by Gasteiger charge is 2.32. The van der Waals surface area contributed by atoms with Crippen molar-refractivity contribution in [3.8, 4) is 0 Å². The Morgan fingerprint density at radius 2 is 1.96 bits per heavy atom. The average molecular weight is 408 g/mol. The number of rotatable bonds is 4. The number of carbonyl (C=O) groups excluding carboxylic acids is 1. The second-order valence-electron chi connectivity index (χ2n) is 5.22. The highest BCUT2D eigenvalue weighted by molar-refractivity contribution is 9.10. The Morgan fingerprint density at radius 1 is 1.35 bits per heavy atom. The Balaban J connectivity index is 2.09. The Labute approximate surface area is 141 Å². The van der Waals surface area contributed by atoms with Crippen LogP contribution < -0.4 is 15.9 Å². The summed E-state index contributed by atoms with van der Waals surface area (Å²) in [7, 11) is -3.74. The van der Waals surface area contributed by atoms with Crippen LogP contribution >= 0.6 is 15.9 Å². The van der Waals surface area contributed by atoms with E-state index in [1.165, 1.54) is 12.1 Å². The van der Waals surface area contributed by atoms with Gasteiger partial charge in [-0.2, -0.15) is 12.7 Å². The Hall–Kier alpha value is -1.36. The number of amidine groups is 1. The summed E-state index contributed by atoms with van der Waals surface area (Å²) < 4.78 is 37.7. The quantitative estimate of drug-likeness (QED) is 0.444. The standard InChI is InChI=1S/C13H16BrFN4O3S/c14-9-2-1-3-10(11(9)15)18-13(16)12(20)8-4-6-19(7-5-8)23(17,21)22/h1-3,8H,4-7H2,(H2,16,18)(H2,17,21,22)/p+1. The molecule has 0 atom stereocenters. The molecule has 1 fully saturated rings. The first kappa shape index (κ1) is 18.0. The van der Waals surface area contributed by atoms with E-state index in [-0.39, 0.29) is 34.9 Å². The highest BCUT2D eigenvalue weighted by atomic mass is 79.9. The number of nitrogens with two attached hydrogens (primary N) is 2. The molecule has 0 spiro atoms. The summed E-state index contributed by atoms with van der Waals surface area (Å²) in [5.74, 6) is -1.50. The monoisotopic (exact) mass is 407 g/mol. The number of piperidine rings is 1. The van der Waals surface area contributed by atoms with Gasteiger partial charge in [-0.05, 0) is 40.9 Å². The number of carbonyl (C=O) groups is 1. The molecule has 1 aromatic rings. The average Bonchev–Trinajstić information content (AvgIpc) is 2.50. The largest absolute Gasteiger partial charge is 0.314 e. The van der Waals surface area contributed by atoms with E-state index in [0.29, 0.717) is 12.8 Å². The van der Waals surface area contributed by atoms with Gasteiger partial charge in [0.1, 0.15) is 0 Å². The van der Waals surface area contributed by atoms with Crippen LogP contribution in [0.15, 0.2) is 22.7 Å². The molecule has 1 saturated heterocycles.